The highest BCUT2D eigenvalue weighted by molar-refractivity contribution is 14.2. The summed E-state index contributed by atoms with van der Waals surface area (Å²) >= 11 is 2.21. The molecule has 0 fully saturated rings. The molecule has 0 saturated heterocycles. The van der Waals surface area contributed by atoms with Crippen LogP contribution in [0, 0.1) is 5.95 Å². The van der Waals surface area contributed by atoms with Crippen molar-refractivity contribution in [3.8, 4) is 22.5 Å². The Bertz CT molecular complexity index is 791. The van der Waals surface area contributed by atoms with Crippen molar-refractivity contribution in [3.63, 3.8) is 0 Å². The zero-order chi connectivity index (χ0) is 15.5. The first-order valence-electron chi connectivity index (χ1n) is 6.31. The molecule has 0 saturated carbocycles. The summed E-state index contributed by atoms with van der Waals surface area (Å²) in [7, 11) is 1.76. The van der Waals surface area contributed by atoms with Gasteiger partial charge in [0.1, 0.15) is 11.5 Å². The first kappa shape index (κ1) is 15.2. The van der Waals surface area contributed by atoms with E-state index in [9.17, 15) is 4.39 Å². The first-order valence-corrected chi connectivity index (χ1v) is 10.4. The van der Waals surface area contributed by atoms with Gasteiger partial charge in [-0.25, -0.2) is 9.44 Å². The second-order valence-corrected chi connectivity index (χ2v) is 6.42. The summed E-state index contributed by atoms with van der Waals surface area (Å²) in [5, 5.41) is 15.0. The first-order chi connectivity index (χ1) is 10.7. The molecule has 3 aromatic rings. The number of aromatic nitrogens is 5. The van der Waals surface area contributed by atoms with Gasteiger partial charge in [0.25, 0.3) is 0 Å². The van der Waals surface area contributed by atoms with Gasteiger partial charge < -0.3 is 5.32 Å². The molecule has 0 bridgehead atoms. The molecule has 6 nitrogen and oxygen atoms in total. The van der Waals surface area contributed by atoms with Crippen LogP contribution in [0.3, 0.4) is 0 Å². The summed E-state index contributed by atoms with van der Waals surface area (Å²) in [6.07, 6.45) is 3.90. The number of nitrogens with one attached hydrogen (secondary N) is 1. The van der Waals surface area contributed by atoms with E-state index in [1.807, 2.05) is 0 Å². The van der Waals surface area contributed by atoms with Crippen LogP contribution in [0.5, 0.6) is 0 Å². The minimum atomic E-state index is -0.548. The van der Waals surface area contributed by atoms with Gasteiger partial charge in [0.05, 0.1) is 18.3 Å². The third-order valence-electron chi connectivity index (χ3n) is 3.01. The van der Waals surface area contributed by atoms with Gasteiger partial charge in [0.15, 0.2) is 0 Å². The maximum atomic E-state index is 14.3. The predicted octanol–water partition coefficient (Wildman–Crippen LogP) is 3.37. The molecule has 0 aliphatic rings. The van der Waals surface area contributed by atoms with Crippen LogP contribution in [0.25, 0.3) is 22.5 Å². The Morgan fingerprint density at radius 2 is 2.00 bits per heavy atom. The molecule has 0 aliphatic heterocycles. The molecule has 0 spiro atoms. The zero-order valence-electron chi connectivity index (χ0n) is 11.5. The fourth-order valence-corrected chi connectivity index (χ4v) is 2.98. The van der Waals surface area contributed by atoms with Gasteiger partial charge in [-0.15, -0.1) is 10.2 Å². The minimum Gasteiger partial charge on any atom is -0.372 e. The number of hydrogen-bond acceptors (Lipinski definition) is 5. The van der Waals surface area contributed by atoms with E-state index in [1.165, 1.54) is 0 Å². The Hall–Kier alpha value is -1.67. The van der Waals surface area contributed by atoms with Crippen LogP contribution in [0.4, 0.5) is 10.2 Å². The highest BCUT2D eigenvalue weighted by atomic mass is 127. The molecular formula is C13H11FIN6P. The molecule has 9 heteroatoms. The zero-order valence-corrected chi connectivity index (χ0v) is 14.6. The van der Waals surface area contributed by atoms with E-state index in [-0.39, 0.29) is 0 Å². The molecule has 3 heterocycles. The Kier molecular flexibility index (Phi) is 4.58. The fourth-order valence-electron chi connectivity index (χ4n) is 1.90. The predicted molar refractivity (Wildman–Crippen MR) is 93.7 cm³/mol. The topological polar surface area (TPSA) is 68.5 Å². The number of halogens is 2. The quantitative estimate of drug-likeness (QED) is 0.392. The van der Waals surface area contributed by atoms with Gasteiger partial charge in [0, 0.05) is 24.4 Å². The Balaban J connectivity index is 1.94. The number of rotatable bonds is 4. The van der Waals surface area contributed by atoms with E-state index in [4.69, 9.17) is 0 Å². The smallest absolute Gasteiger partial charge is 0.221 e. The molecule has 1 N–H and O–H groups in total. The molecule has 0 radical (unpaired) electrons. The van der Waals surface area contributed by atoms with Gasteiger partial charge in [0.2, 0.25) is 5.95 Å². The van der Waals surface area contributed by atoms with Crippen LogP contribution in [0.2, 0.25) is 0 Å². The minimum absolute atomic E-state index is 0.421. The third-order valence-corrected chi connectivity index (χ3v) is 4.91. The highest BCUT2D eigenvalue weighted by Gasteiger charge is 2.11. The number of nitrogens with zero attached hydrogens (tertiary/aromatic N) is 5. The van der Waals surface area contributed by atoms with E-state index in [2.05, 4.69) is 47.6 Å². The van der Waals surface area contributed by atoms with Crippen LogP contribution < -0.4 is 5.32 Å². The second kappa shape index (κ2) is 6.62. The lowest BCUT2D eigenvalue weighted by atomic mass is 10.1. The third kappa shape index (κ3) is 3.07. The maximum absolute atomic E-state index is 14.3. The normalized spacial score (nSPS) is 11.2. The molecule has 3 rings (SSSR count). The van der Waals surface area contributed by atoms with E-state index in [0.717, 1.165) is 0 Å². The molecule has 1 unspecified atom stereocenters. The van der Waals surface area contributed by atoms with E-state index >= 15 is 0 Å². The monoisotopic (exact) mass is 428 g/mol. The lowest BCUT2D eigenvalue weighted by Crippen LogP contribution is -1.97. The molecule has 0 aromatic carbocycles. The van der Waals surface area contributed by atoms with Gasteiger partial charge in [-0.05, 0) is 46.3 Å². The van der Waals surface area contributed by atoms with Gasteiger partial charge in [-0.2, -0.15) is 9.49 Å². The van der Waals surface area contributed by atoms with Crippen LogP contribution in [-0.4, -0.2) is 31.8 Å². The average molecular weight is 428 g/mol. The molecule has 22 heavy (non-hydrogen) atoms. The largest absolute Gasteiger partial charge is 0.372 e. The molecule has 112 valence electrons. The van der Waals surface area contributed by atoms with Crippen LogP contribution in [-0.2, 0) is 0 Å². The average Bonchev–Trinajstić information content (AvgIpc) is 3.03. The summed E-state index contributed by atoms with van der Waals surface area (Å²) in [6, 6.07) is 6.92. The number of pyridine rings is 1. The van der Waals surface area contributed by atoms with Gasteiger partial charge in [-0.1, -0.05) is 0 Å². The van der Waals surface area contributed by atoms with Gasteiger partial charge in [-0.3, -0.25) is 0 Å². The molecular weight excluding hydrogens is 417 g/mol. The van der Waals surface area contributed by atoms with Crippen molar-refractivity contribution >= 4 is 34.2 Å². The van der Waals surface area contributed by atoms with Crippen LogP contribution in [0.15, 0.2) is 36.7 Å². The van der Waals surface area contributed by atoms with E-state index < -0.39 is 5.95 Å². The SMILES string of the molecule is CNc1ccc(-c2ccc(-c3cnn(PI)c3)c(F)n2)nn1. The lowest BCUT2D eigenvalue weighted by molar-refractivity contribution is 0.589. The Morgan fingerprint density at radius 3 is 2.59 bits per heavy atom. The summed E-state index contributed by atoms with van der Waals surface area (Å²) in [5.74, 6) is 0.0984. The van der Waals surface area contributed by atoms with Crippen molar-refractivity contribution in [2.24, 2.45) is 0 Å². The number of anilines is 1. The van der Waals surface area contributed by atoms with Crippen molar-refractivity contribution in [3.05, 3.63) is 42.6 Å². The standard InChI is InChI=1S/C13H11FIN6P/c1-16-12-5-4-11(19-20-12)10-3-2-9(13(14)18-10)8-6-17-21(7-8)22-15/h2-7,22H,1H3,(H,16,20). The second-order valence-electron chi connectivity index (χ2n) is 4.35. The maximum Gasteiger partial charge on any atom is 0.221 e. The van der Waals surface area contributed by atoms with Crippen molar-refractivity contribution in [1.29, 1.82) is 0 Å². The molecule has 1 atom stereocenters. The Labute approximate surface area is 140 Å². The molecule has 0 amide bonds. The van der Waals surface area contributed by atoms with Crippen molar-refractivity contribution in [2.45, 2.75) is 0 Å². The summed E-state index contributed by atoms with van der Waals surface area (Å²) < 4.78 is 16.0. The van der Waals surface area contributed by atoms with Crippen molar-refractivity contribution in [2.75, 3.05) is 12.4 Å². The molecule has 0 aliphatic carbocycles. The summed E-state index contributed by atoms with van der Waals surface area (Å²) in [5.41, 5.74) is 2.09. The van der Waals surface area contributed by atoms with Crippen molar-refractivity contribution in [1.82, 2.24) is 24.7 Å². The Morgan fingerprint density at radius 1 is 1.18 bits per heavy atom. The van der Waals surface area contributed by atoms with E-state index in [1.54, 1.807) is 48.2 Å². The molecule has 3 aromatic heterocycles. The number of hydrogen-bond donors (Lipinski definition) is 1. The van der Waals surface area contributed by atoms with E-state index in [0.29, 0.717) is 34.7 Å². The summed E-state index contributed by atoms with van der Waals surface area (Å²) in [4.78, 5) is 3.98. The lowest BCUT2D eigenvalue weighted by Gasteiger charge is -2.04. The fraction of sp³-hybridized carbons (Fsp3) is 0.0769. The summed E-state index contributed by atoms with van der Waals surface area (Å²) in [6.45, 7) is 0. The van der Waals surface area contributed by atoms with Gasteiger partial charge >= 0.3 is 0 Å². The van der Waals surface area contributed by atoms with Crippen LogP contribution in [0.1, 0.15) is 0 Å². The van der Waals surface area contributed by atoms with Crippen LogP contribution >= 0.6 is 28.4 Å². The van der Waals surface area contributed by atoms with Crippen molar-refractivity contribution < 1.29 is 4.39 Å². The highest BCUT2D eigenvalue weighted by Crippen LogP contribution is 2.28.